The van der Waals surface area contributed by atoms with E-state index in [1.165, 1.54) is 35.5 Å². The third-order valence-electron chi connectivity index (χ3n) is 3.94. The zero-order valence-electron chi connectivity index (χ0n) is 12.6. The Bertz CT molecular complexity index is 693. The minimum atomic E-state index is -0.272. The summed E-state index contributed by atoms with van der Waals surface area (Å²) in [6.07, 6.45) is 2.48. The average Bonchev–Trinajstić information content (AvgIpc) is 3.07. The predicted molar refractivity (Wildman–Crippen MR) is 98.1 cm³/mol. The van der Waals surface area contributed by atoms with E-state index in [0.29, 0.717) is 19.4 Å². The number of hydrogen-bond donors (Lipinski definition) is 1. The van der Waals surface area contributed by atoms with Crippen LogP contribution in [-0.2, 0) is 6.54 Å². The molecule has 2 aromatic rings. The van der Waals surface area contributed by atoms with Crippen molar-refractivity contribution in [3.8, 4) is 0 Å². The lowest BCUT2D eigenvalue weighted by Crippen LogP contribution is -2.32. The number of aromatic nitrogens is 1. The van der Waals surface area contributed by atoms with Gasteiger partial charge >= 0.3 is 0 Å². The number of nitrogens with zero attached hydrogens (tertiary/aromatic N) is 2. The molecule has 0 bridgehead atoms. The maximum Gasteiger partial charge on any atom is 0.259 e. The molecule has 4 nitrogen and oxygen atoms in total. The quantitative estimate of drug-likeness (QED) is 0.800. The Balaban J connectivity index is 1.59. The van der Waals surface area contributed by atoms with Crippen molar-refractivity contribution in [2.24, 2.45) is 5.92 Å². The number of hydrogen-bond acceptors (Lipinski definition) is 5. The number of nitrogens with one attached hydrogen (secondary N) is 1. The summed E-state index contributed by atoms with van der Waals surface area (Å²) in [6, 6.07) is 1.58. The molecule has 2 aromatic heterocycles. The molecule has 3 rings (SSSR count). The van der Waals surface area contributed by atoms with Gasteiger partial charge < -0.3 is 0 Å². The van der Waals surface area contributed by atoms with Gasteiger partial charge in [0.15, 0.2) is 5.13 Å². The Morgan fingerprint density at radius 2 is 2.17 bits per heavy atom. The summed E-state index contributed by atoms with van der Waals surface area (Å²) in [7, 11) is 0. The van der Waals surface area contributed by atoms with Gasteiger partial charge in [0, 0.05) is 11.9 Å². The fourth-order valence-electron chi connectivity index (χ4n) is 2.55. The van der Waals surface area contributed by atoms with Gasteiger partial charge in [-0.05, 0) is 37.9 Å². The third-order valence-corrected chi connectivity index (χ3v) is 6.23. The number of amides is 1. The highest BCUT2D eigenvalue weighted by molar-refractivity contribution is 7.20. The second kappa shape index (κ2) is 7.49. The van der Waals surface area contributed by atoms with Gasteiger partial charge in [-0.2, -0.15) is 0 Å². The third kappa shape index (κ3) is 4.45. The van der Waals surface area contributed by atoms with E-state index in [-0.39, 0.29) is 5.91 Å². The topological polar surface area (TPSA) is 45.2 Å². The van der Waals surface area contributed by atoms with E-state index in [9.17, 15) is 4.79 Å². The molecule has 1 aliphatic heterocycles. The molecular weight excluding hydrogens is 373 g/mol. The van der Waals surface area contributed by atoms with E-state index in [1.54, 1.807) is 6.07 Å². The van der Waals surface area contributed by atoms with E-state index in [4.69, 9.17) is 23.2 Å². The second-order valence-electron chi connectivity index (χ2n) is 5.79. The normalized spacial score (nSPS) is 16.7. The monoisotopic (exact) mass is 389 g/mol. The van der Waals surface area contributed by atoms with Gasteiger partial charge in [-0.15, -0.1) is 22.7 Å². The van der Waals surface area contributed by atoms with Crippen molar-refractivity contribution in [1.29, 1.82) is 0 Å². The van der Waals surface area contributed by atoms with Gasteiger partial charge in [-0.3, -0.25) is 15.0 Å². The Hall–Kier alpha value is -0.660. The van der Waals surface area contributed by atoms with Crippen LogP contribution in [0.2, 0.25) is 8.67 Å². The Morgan fingerprint density at radius 1 is 1.43 bits per heavy atom. The number of likely N-dealkylation sites (tertiary alicyclic amines) is 1. The zero-order valence-corrected chi connectivity index (χ0v) is 15.8. The molecule has 0 aliphatic carbocycles. The van der Waals surface area contributed by atoms with Crippen LogP contribution in [0.15, 0.2) is 11.4 Å². The van der Waals surface area contributed by atoms with Crippen LogP contribution >= 0.6 is 45.9 Å². The van der Waals surface area contributed by atoms with E-state index in [0.717, 1.165) is 31.2 Å². The fourth-order valence-corrected chi connectivity index (χ4v) is 4.70. The van der Waals surface area contributed by atoms with Crippen LogP contribution in [0, 0.1) is 5.92 Å². The van der Waals surface area contributed by atoms with E-state index in [2.05, 4.69) is 22.1 Å². The lowest BCUT2D eigenvalue weighted by atomic mass is 9.99. The SMILES string of the molecule is CC1CCN(Cc2csc(NC(=O)c3cc(Cl)sc3Cl)n2)CC1. The van der Waals surface area contributed by atoms with Gasteiger partial charge in [0.2, 0.25) is 0 Å². The molecular formula is C15H17Cl2N3OS2. The molecule has 0 spiro atoms. The first-order valence-corrected chi connectivity index (χ1v) is 9.89. The highest BCUT2D eigenvalue weighted by Gasteiger charge is 2.18. The van der Waals surface area contributed by atoms with Crippen molar-refractivity contribution in [3.05, 3.63) is 31.4 Å². The second-order valence-corrected chi connectivity index (χ2v) is 8.94. The standard InChI is InChI=1S/C15H17Cl2N3OS2/c1-9-2-4-20(5-3-9)7-10-8-22-15(18-10)19-14(21)11-6-12(16)23-13(11)17/h6,8-9H,2-5,7H2,1H3,(H,18,19,21). The van der Waals surface area contributed by atoms with Gasteiger partial charge in [0.05, 0.1) is 15.6 Å². The lowest BCUT2D eigenvalue weighted by Gasteiger charge is -2.29. The van der Waals surface area contributed by atoms with Crippen LogP contribution in [0.3, 0.4) is 0 Å². The molecule has 3 heterocycles. The van der Waals surface area contributed by atoms with Crippen LogP contribution in [0.1, 0.15) is 35.8 Å². The van der Waals surface area contributed by atoms with Crippen LogP contribution in [0.25, 0.3) is 0 Å². The number of halogens is 2. The molecule has 23 heavy (non-hydrogen) atoms. The number of piperidine rings is 1. The van der Waals surface area contributed by atoms with Gasteiger partial charge in [-0.25, -0.2) is 4.98 Å². The molecule has 1 aliphatic rings. The maximum absolute atomic E-state index is 12.2. The Kier molecular flexibility index (Phi) is 5.59. The highest BCUT2D eigenvalue weighted by Crippen LogP contribution is 2.32. The smallest absolute Gasteiger partial charge is 0.259 e. The Labute approximate surface area is 153 Å². The first-order valence-electron chi connectivity index (χ1n) is 7.44. The van der Waals surface area contributed by atoms with Crippen LogP contribution in [0.5, 0.6) is 0 Å². The fraction of sp³-hybridized carbons (Fsp3) is 0.467. The number of carbonyl (C=O) groups is 1. The molecule has 1 fully saturated rings. The van der Waals surface area contributed by atoms with Crippen molar-refractivity contribution in [3.63, 3.8) is 0 Å². The van der Waals surface area contributed by atoms with Gasteiger partial charge in [-0.1, -0.05) is 30.1 Å². The van der Waals surface area contributed by atoms with Crippen LogP contribution in [0.4, 0.5) is 5.13 Å². The summed E-state index contributed by atoms with van der Waals surface area (Å²) < 4.78 is 0.894. The van der Waals surface area contributed by atoms with Crippen LogP contribution < -0.4 is 5.32 Å². The number of rotatable bonds is 4. The summed E-state index contributed by atoms with van der Waals surface area (Å²) in [4.78, 5) is 19.1. The molecule has 1 saturated heterocycles. The molecule has 124 valence electrons. The molecule has 0 aromatic carbocycles. The van der Waals surface area contributed by atoms with Crippen LogP contribution in [-0.4, -0.2) is 28.9 Å². The van der Waals surface area contributed by atoms with Gasteiger partial charge in [0.1, 0.15) is 4.34 Å². The van der Waals surface area contributed by atoms with Crippen molar-refractivity contribution in [1.82, 2.24) is 9.88 Å². The van der Waals surface area contributed by atoms with Crippen molar-refractivity contribution < 1.29 is 4.79 Å². The average molecular weight is 390 g/mol. The summed E-state index contributed by atoms with van der Waals surface area (Å²) in [5, 5.41) is 5.38. The number of thiophene rings is 1. The molecule has 1 amide bonds. The Morgan fingerprint density at radius 3 is 2.83 bits per heavy atom. The molecule has 8 heteroatoms. The van der Waals surface area contributed by atoms with E-state index >= 15 is 0 Å². The predicted octanol–water partition coefficient (Wildman–Crippen LogP) is 5.00. The largest absolute Gasteiger partial charge is 0.298 e. The minimum Gasteiger partial charge on any atom is -0.298 e. The first-order chi connectivity index (χ1) is 11.0. The van der Waals surface area contributed by atoms with E-state index < -0.39 is 0 Å². The molecule has 0 radical (unpaired) electrons. The van der Waals surface area contributed by atoms with Gasteiger partial charge in [0.25, 0.3) is 5.91 Å². The van der Waals surface area contributed by atoms with Crippen molar-refractivity contribution in [2.45, 2.75) is 26.3 Å². The molecule has 0 unspecified atom stereocenters. The van der Waals surface area contributed by atoms with E-state index in [1.807, 2.05) is 5.38 Å². The van der Waals surface area contributed by atoms with Crippen molar-refractivity contribution in [2.75, 3.05) is 18.4 Å². The first kappa shape index (κ1) is 17.2. The minimum absolute atomic E-state index is 0.272. The molecule has 0 atom stereocenters. The zero-order chi connectivity index (χ0) is 16.4. The summed E-state index contributed by atoms with van der Waals surface area (Å²) >= 11 is 14.5. The number of thiazole rings is 1. The highest BCUT2D eigenvalue weighted by atomic mass is 35.5. The summed E-state index contributed by atoms with van der Waals surface area (Å²) in [6.45, 7) is 5.37. The van der Waals surface area contributed by atoms with Crippen molar-refractivity contribution >= 4 is 56.9 Å². The molecule has 0 saturated carbocycles. The lowest BCUT2D eigenvalue weighted by molar-refractivity contribution is 0.102. The number of anilines is 1. The molecule has 1 N–H and O–H groups in total. The maximum atomic E-state index is 12.2. The number of carbonyl (C=O) groups excluding carboxylic acids is 1. The summed E-state index contributed by atoms with van der Waals surface area (Å²) in [5.41, 5.74) is 1.39. The summed E-state index contributed by atoms with van der Waals surface area (Å²) in [5.74, 6) is 0.546.